The summed E-state index contributed by atoms with van der Waals surface area (Å²) in [6.45, 7) is 2.16. The molecule has 0 aromatic heterocycles. The van der Waals surface area contributed by atoms with Gasteiger partial charge in [-0.3, -0.25) is 0 Å². The smallest absolute Gasteiger partial charge is 0.0950 e. The number of hydrogen-bond acceptors (Lipinski definition) is 4. The van der Waals surface area contributed by atoms with Crippen LogP contribution in [-0.4, -0.2) is 32.0 Å². The van der Waals surface area contributed by atoms with Gasteiger partial charge in [0.1, 0.15) is 0 Å². The summed E-state index contributed by atoms with van der Waals surface area (Å²) in [6, 6.07) is 1.59. The van der Waals surface area contributed by atoms with Gasteiger partial charge >= 0.3 is 0 Å². The lowest BCUT2D eigenvalue weighted by molar-refractivity contribution is -0.0326. The van der Waals surface area contributed by atoms with Crippen LogP contribution in [0.2, 0.25) is 0 Å². The molecule has 74 valence electrons. The fraction of sp³-hybridized carbons (Fsp3) is 0.889. The largest absolute Gasteiger partial charge is 0.381 e. The summed E-state index contributed by atoms with van der Waals surface area (Å²) in [5, 5.41) is 8.42. The number of ether oxygens (including phenoxy) is 2. The maximum atomic E-state index is 8.42. The van der Waals surface area contributed by atoms with Crippen LogP contribution < -0.4 is 5.73 Å². The highest BCUT2D eigenvalue weighted by Gasteiger charge is 2.13. The van der Waals surface area contributed by atoms with Crippen molar-refractivity contribution in [1.29, 1.82) is 5.26 Å². The topological polar surface area (TPSA) is 68.3 Å². The Morgan fingerprint density at radius 2 is 2.23 bits per heavy atom. The minimum atomic E-state index is -0.389. The fourth-order valence-corrected chi connectivity index (χ4v) is 1.27. The Hall–Kier alpha value is -0.630. The summed E-state index contributed by atoms with van der Waals surface area (Å²) < 4.78 is 10.7. The lowest BCUT2D eigenvalue weighted by Crippen LogP contribution is -2.26. The van der Waals surface area contributed by atoms with Crippen molar-refractivity contribution in [2.75, 3.05) is 19.8 Å². The highest BCUT2D eigenvalue weighted by molar-refractivity contribution is 4.85. The molecule has 1 aliphatic heterocycles. The molecule has 0 aliphatic carbocycles. The normalized spacial score (nSPS) is 20.9. The molecular formula is C9H16N2O2. The quantitative estimate of drug-likeness (QED) is 0.687. The lowest BCUT2D eigenvalue weighted by Gasteiger charge is -2.22. The minimum Gasteiger partial charge on any atom is -0.381 e. The van der Waals surface area contributed by atoms with Crippen molar-refractivity contribution >= 4 is 0 Å². The second-order valence-corrected chi connectivity index (χ2v) is 3.21. The predicted octanol–water partition coefficient (Wildman–Crippen LogP) is 0.423. The molecule has 0 radical (unpaired) electrons. The maximum Gasteiger partial charge on any atom is 0.0950 e. The van der Waals surface area contributed by atoms with E-state index in [4.69, 9.17) is 20.5 Å². The van der Waals surface area contributed by atoms with Crippen LogP contribution in [0.15, 0.2) is 0 Å². The third-order valence-electron chi connectivity index (χ3n) is 2.12. The van der Waals surface area contributed by atoms with Crippen LogP contribution in [-0.2, 0) is 9.47 Å². The molecule has 0 aromatic carbocycles. The van der Waals surface area contributed by atoms with Crippen LogP contribution in [0.1, 0.15) is 19.3 Å². The molecule has 1 aliphatic rings. The number of rotatable bonds is 4. The Balaban J connectivity index is 2.02. The van der Waals surface area contributed by atoms with E-state index in [2.05, 4.69) is 0 Å². The zero-order valence-electron chi connectivity index (χ0n) is 7.74. The van der Waals surface area contributed by atoms with E-state index >= 15 is 0 Å². The van der Waals surface area contributed by atoms with Crippen LogP contribution in [0.4, 0.5) is 0 Å². The Bertz CT molecular complexity index is 173. The lowest BCUT2D eigenvalue weighted by atomic mass is 10.1. The number of nitrogens with zero attached hydrogens (tertiary/aromatic N) is 1. The molecule has 0 saturated carbocycles. The van der Waals surface area contributed by atoms with Crippen molar-refractivity contribution in [2.24, 2.45) is 5.73 Å². The summed E-state index contributed by atoms with van der Waals surface area (Å²) >= 11 is 0. The monoisotopic (exact) mass is 184 g/mol. The predicted molar refractivity (Wildman–Crippen MR) is 48.0 cm³/mol. The van der Waals surface area contributed by atoms with Gasteiger partial charge in [-0.15, -0.1) is 0 Å². The van der Waals surface area contributed by atoms with Gasteiger partial charge < -0.3 is 15.2 Å². The highest BCUT2D eigenvalue weighted by atomic mass is 16.5. The van der Waals surface area contributed by atoms with Crippen molar-refractivity contribution in [1.82, 2.24) is 0 Å². The summed E-state index contributed by atoms with van der Waals surface area (Å²) in [5.41, 5.74) is 5.42. The first-order valence-electron chi connectivity index (χ1n) is 4.67. The molecule has 4 heteroatoms. The summed E-state index contributed by atoms with van der Waals surface area (Å²) in [4.78, 5) is 0. The Morgan fingerprint density at radius 1 is 1.54 bits per heavy atom. The zero-order valence-corrected chi connectivity index (χ0v) is 7.74. The van der Waals surface area contributed by atoms with Gasteiger partial charge in [-0.05, 0) is 19.3 Å². The molecule has 1 rings (SSSR count). The van der Waals surface area contributed by atoms with E-state index in [1.54, 1.807) is 0 Å². The molecule has 1 unspecified atom stereocenters. The van der Waals surface area contributed by atoms with Gasteiger partial charge in [0.15, 0.2) is 0 Å². The second-order valence-electron chi connectivity index (χ2n) is 3.21. The first kappa shape index (κ1) is 10.5. The van der Waals surface area contributed by atoms with Crippen LogP contribution in [0.3, 0.4) is 0 Å². The summed E-state index contributed by atoms with van der Waals surface area (Å²) in [5.74, 6) is 0. The number of hydrogen-bond donors (Lipinski definition) is 1. The molecule has 1 atom stereocenters. The summed E-state index contributed by atoms with van der Waals surface area (Å²) in [7, 11) is 0. The first-order valence-corrected chi connectivity index (χ1v) is 4.67. The Morgan fingerprint density at radius 3 is 2.85 bits per heavy atom. The van der Waals surface area contributed by atoms with Crippen molar-refractivity contribution in [3.8, 4) is 6.07 Å². The van der Waals surface area contributed by atoms with Gasteiger partial charge in [-0.2, -0.15) is 5.26 Å². The van der Waals surface area contributed by atoms with E-state index in [1.165, 1.54) is 0 Å². The van der Waals surface area contributed by atoms with Crippen LogP contribution in [0.5, 0.6) is 0 Å². The molecule has 1 saturated heterocycles. The van der Waals surface area contributed by atoms with E-state index < -0.39 is 0 Å². The van der Waals surface area contributed by atoms with E-state index in [9.17, 15) is 0 Å². The molecule has 1 heterocycles. The fourth-order valence-electron chi connectivity index (χ4n) is 1.27. The van der Waals surface area contributed by atoms with Crippen LogP contribution >= 0.6 is 0 Å². The van der Waals surface area contributed by atoms with Crippen molar-refractivity contribution in [3.05, 3.63) is 0 Å². The van der Waals surface area contributed by atoms with E-state index in [0.29, 0.717) is 19.1 Å². The zero-order chi connectivity index (χ0) is 9.52. The van der Waals surface area contributed by atoms with Crippen molar-refractivity contribution in [2.45, 2.75) is 31.4 Å². The van der Waals surface area contributed by atoms with Gasteiger partial charge in [-0.25, -0.2) is 0 Å². The SMILES string of the molecule is N#CC(N)CCOC1CCOCC1. The maximum absolute atomic E-state index is 8.42. The Kier molecular flexibility index (Phi) is 4.76. The van der Waals surface area contributed by atoms with Crippen LogP contribution in [0.25, 0.3) is 0 Å². The average Bonchev–Trinajstić information content (AvgIpc) is 2.19. The third kappa shape index (κ3) is 4.23. The molecule has 0 amide bonds. The molecule has 0 bridgehead atoms. The molecule has 13 heavy (non-hydrogen) atoms. The van der Waals surface area contributed by atoms with E-state index in [0.717, 1.165) is 26.1 Å². The van der Waals surface area contributed by atoms with Crippen molar-refractivity contribution < 1.29 is 9.47 Å². The highest BCUT2D eigenvalue weighted by Crippen LogP contribution is 2.10. The molecular weight excluding hydrogens is 168 g/mol. The molecule has 4 nitrogen and oxygen atoms in total. The van der Waals surface area contributed by atoms with Gasteiger partial charge in [0.25, 0.3) is 0 Å². The Labute approximate surface area is 78.6 Å². The molecule has 1 fully saturated rings. The summed E-state index contributed by atoms with van der Waals surface area (Å²) in [6.07, 6.45) is 2.84. The van der Waals surface area contributed by atoms with E-state index in [1.807, 2.05) is 6.07 Å². The third-order valence-corrected chi connectivity index (χ3v) is 2.12. The average molecular weight is 184 g/mol. The molecule has 0 aromatic rings. The minimum absolute atomic E-state index is 0.305. The molecule has 0 spiro atoms. The van der Waals surface area contributed by atoms with Gasteiger partial charge in [0, 0.05) is 19.8 Å². The van der Waals surface area contributed by atoms with Crippen molar-refractivity contribution in [3.63, 3.8) is 0 Å². The van der Waals surface area contributed by atoms with Gasteiger partial charge in [0.05, 0.1) is 18.2 Å². The number of nitrogens with two attached hydrogens (primary N) is 1. The van der Waals surface area contributed by atoms with Crippen LogP contribution in [0, 0.1) is 11.3 Å². The molecule has 2 N–H and O–H groups in total. The van der Waals surface area contributed by atoms with Gasteiger partial charge in [0.2, 0.25) is 0 Å². The van der Waals surface area contributed by atoms with Gasteiger partial charge in [-0.1, -0.05) is 0 Å². The first-order chi connectivity index (χ1) is 6.33. The number of nitriles is 1. The van der Waals surface area contributed by atoms with E-state index in [-0.39, 0.29) is 6.04 Å². The second kappa shape index (κ2) is 5.92. The standard InChI is InChI=1S/C9H16N2O2/c10-7-8(11)1-6-13-9-2-4-12-5-3-9/h8-9H,1-6,11H2.